The third kappa shape index (κ3) is 2.97. The number of carboxylic acid groups (broad SMARTS) is 1. The number of anilines is 1. The molecule has 0 heterocycles. The minimum atomic E-state index is -1.12. The standard InChI is InChI=1S/C15H19BrFNO2/c1-2-18(10-6-4-3-5-7-10)12-9-8-11(15(19)20)13(16)14(12)17/h8-10H,2-7H2,1H3,(H,19,20). The topological polar surface area (TPSA) is 40.5 Å². The Morgan fingerprint density at radius 3 is 2.60 bits per heavy atom. The van der Waals surface area contributed by atoms with Gasteiger partial charge in [-0.1, -0.05) is 19.3 Å². The van der Waals surface area contributed by atoms with Crippen molar-refractivity contribution < 1.29 is 14.3 Å². The molecule has 3 nitrogen and oxygen atoms in total. The van der Waals surface area contributed by atoms with Crippen LogP contribution in [0.1, 0.15) is 49.4 Å². The summed E-state index contributed by atoms with van der Waals surface area (Å²) in [5.74, 6) is -1.60. The molecule has 5 heteroatoms. The molecule has 1 aromatic rings. The van der Waals surface area contributed by atoms with Crippen LogP contribution in [0, 0.1) is 5.82 Å². The van der Waals surface area contributed by atoms with Crippen LogP contribution in [0.5, 0.6) is 0 Å². The summed E-state index contributed by atoms with van der Waals surface area (Å²) >= 11 is 3.07. The fraction of sp³-hybridized carbons (Fsp3) is 0.533. The van der Waals surface area contributed by atoms with Gasteiger partial charge in [-0.2, -0.15) is 0 Å². The van der Waals surface area contributed by atoms with Gasteiger partial charge < -0.3 is 10.0 Å². The number of hydrogen-bond donors (Lipinski definition) is 1. The number of halogens is 2. The zero-order valence-corrected chi connectivity index (χ0v) is 13.1. The van der Waals surface area contributed by atoms with Crippen LogP contribution in [0.15, 0.2) is 16.6 Å². The van der Waals surface area contributed by atoms with Gasteiger partial charge in [0.2, 0.25) is 0 Å². The number of aromatic carboxylic acids is 1. The van der Waals surface area contributed by atoms with E-state index in [2.05, 4.69) is 20.8 Å². The van der Waals surface area contributed by atoms with Gasteiger partial charge in [0.05, 0.1) is 15.7 Å². The van der Waals surface area contributed by atoms with E-state index in [0.717, 1.165) is 19.4 Å². The predicted molar refractivity (Wildman–Crippen MR) is 81.0 cm³/mol. The lowest BCUT2D eigenvalue weighted by molar-refractivity contribution is 0.0695. The highest BCUT2D eigenvalue weighted by atomic mass is 79.9. The first-order chi connectivity index (χ1) is 9.56. The summed E-state index contributed by atoms with van der Waals surface area (Å²) in [4.78, 5) is 13.1. The predicted octanol–water partition coefficient (Wildman–Crippen LogP) is 4.45. The molecule has 1 aliphatic carbocycles. The summed E-state index contributed by atoms with van der Waals surface area (Å²) in [6, 6.07) is 3.41. The molecule has 1 saturated carbocycles. The van der Waals surface area contributed by atoms with Gasteiger partial charge in [-0.3, -0.25) is 0 Å². The average Bonchev–Trinajstić information content (AvgIpc) is 2.45. The second kappa shape index (κ2) is 6.57. The molecular weight excluding hydrogens is 325 g/mol. The van der Waals surface area contributed by atoms with Gasteiger partial charge in [0.1, 0.15) is 0 Å². The Morgan fingerprint density at radius 1 is 1.40 bits per heavy atom. The van der Waals surface area contributed by atoms with Gasteiger partial charge in [-0.05, 0) is 47.8 Å². The van der Waals surface area contributed by atoms with Crippen molar-refractivity contribution in [1.29, 1.82) is 0 Å². The van der Waals surface area contributed by atoms with Crippen molar-refractivity contribution in [2.75, 3.05) is 11.4 Å². The van der Waals surface area contributed by atoms with Crippen LogP contribution in [-0.4, -0.2) is 23.7 Å². The molecule has 20 heavy (non-hydrogen) atoms. The van der Waals surface area contributed by atoms with Crippen molar-refractivity contribution in [1.82, 2.24) is 0 Å². The Kier molecular flexibility index (Phi) is 5.02. The summed E-state index contributed by atoms with van der Waals surface area (Å²) in [6.45, 7) is 2.73. The molecule has 1 aromatic carbocycles. The van der Waals surface area contributed by atoms with Gasteiger partial charge in [-0.25, -0.2) is 9.18 Å². The maximum absolute atomic E-state index is 14.5. The summed E-state index contributed by atoms with van der Waals surface area (Å²) < 4.78 is 14.5. The van der Waals surface area contributed by atoms with Crippen molar-refractivity contribution in [2.24, 2.45) is 0 Å². The van der Waals surface area contributed by atoms with E-state index in [1.165, 1.54) is 25.3 Å². The molecular formula is C15H19BrFNO2. The van der Waals surface area contributed by atoms with Crippen molar-refractivity contribution in [3.8, 4) is 0 Å². The summed E-state index contributed by atoms with van der Waals surface area (Å²) in [5, 5.41) is 9.02. The van der Waals surface area contributed by atoms with Crippen molar-refractivity contribution >= 4 is 27.6 Å². The SMILES string of the molecule is CCN(c1ccc(C(=O)O)c(Br)c1F)C1CCCCC1. The number of benzene rings is 1. The summed E-state index contributed by atoms with van der Waals surface area (Å²) in [6.07, 6.45) is 5.75. The second-order valence-electron chi connectivity index (χ2n) is 5.14. The second-order valence-corrected chi connectivity index (χ2v) is 5.94. The largest absolute Gasteiger partial charge is 0.478 e. The van der Waals surface area contributed by atoms with Crippen molar-refractivity contribution in [3.63, 3.8) is 0 Å². The fourth-order valence-electron chi connectivity index (χ4n) is 2.94. The Morgan fingerprint density at radius 2 is 2.05 bits per heavy atom. The number of carboxylic acids is 1. The zero-order valence-electron chi connectivity index (χ0n) is 11.5. The Labute approximate surface area is 126 Å². The summed E-state index contributed by atoms with van der Waals surface area (Å²) in [7, 11) is 0. The van der Waals surface area contributed by atoms with Crippen molar-refractivity contribution in [3.05, 3.63) is 28.0 Å². The highest BCUT2D eigenvalue weighted by molar-refractivity contribution is 9.10. The zero-order chi connectivity index (χ0) is 14.7. The van der Waals surface area contributed by atoms with E-state index in [-0.39, 0.29) is 10.0 Å². The molecule has 0 aliphatic heterocycles. The molecule has 2 rings (SSSR count). The first-order valence-corrected chi connectivity index (χ1v) is 7.83. The van der Waals surface area contributed by atoms with E-state index in [1.807, 2.05) is 6.92 Å². The lowest BCUT2D eigenvalue weighted by atomic mass is 9.93. The van der Waals surface area contributed by atoms with Gasteiger partial charge in [0.15, 0.2) is 5.82 Å². The van der Waals surface area contributed by atoms with E-state index in [0.29, 0.717) is 11.7 Å². The lowest BCUT2D eigenvalue weighted by Gasteiger charge is -2.35. The first-order valence-electron chi connectivity index (χ1n) is 7.04. The van der Waals surface area contributed by atoms with Crippen LogP contribution in [0.25, 0.3) is 0 Å². The van der Waals surface area contributed by atoms with Crippen LogP contribution < -0.4 is 4.90 Å². The van der Waals surface area contributed by atoms with Gasteiger partial charge in [0.25, 0.3) is 0 Å². The Bertz CT molecular complexity index is 501. The molecule has 110 valence electrons. The Hall–Kier alpha value is -1.10. The molecule has 0 saturated heterocycles. The van der Waals surface area contributed by atoms with Gasteiger partial charge in [-0.15, -0.1) is 0 Å². The minimum Gasteiger partial charge on any atom is -0.478 e. The molecule has 1 aliphatic rings. The monoisotopic (exact) mass is 343 g/mol. The van der Waals surface area contributed by atoms with Crippen LogP contribution in [0.3, 0.4) is 0 Å². The molecule has 0 atom stereocenters. The third-order valence-corrected chi connectivity index (χ3v) is 4.73. The molecule has 0 bridgehead atoms. The minimum absolute atomic E-state index is 0.0362. The third-order valence-electron chi connectivity index (χ3n) is 3.96. The maximum Gasteiger partial charge on any atom is 0.336 e. The normalized spacial score (nSPS) is 16.1. The molecule has 0 unspecified atom stereocenters. The van der Waals surface area contributed by atoms with Crippen LogP contribution in [-0.2, 0) is 0 Å². The van der Waals surface area contributed by atoms with Crippen LogP contribution >= 0.6 is 15.9 Å². The van der Waals surface area contributed by atoms with Gasteiger partial charge in [0, 0.05) is 12.6 Å². The van der Waals surface area contributed by atoms with Gasteiger partial charge >= 0.3 is 5.97 Å². The quantitative estimate of drug-likeness (QED) is 0.878. The Balaban J connectivity index is 2.34. The van der Waals surface area contributed by atoms with Crippen LogP contribution in [0.4, 0.5) is 10.1 Å². The molecule has 0 aromatic heterocycles. The molecule has 1 fully saturated rings. The smallest absolute Gasteiger partial charge is 0.336 e. The lowest BCUT2D eigenvalue weighted by Crippen LogP contribution is -2.37. The highest BCUT2D eigenvalue weighted by Crippen LogP contribution is 2.33. The maximum atomic E-state index is 14.5. The molecule has 1 N–H and O–H groups in total. The van der Waals surface area contributed by atoms with E-state index in [4.69, 9.17) is 5.11 Å². The fourth-order valence-corrected chi connectivity index (χ4v) is 3.45. The number of carbonyl (C=O) groups is 1. The molecule has 0 spiro atoms. The van der Waals surface area contributed by atoms with E-state index >= 15 is 0 Å². The number of nitrogens with zero attached hydrogens (tertiary/aromatic N) is 1. The number of hydrogen-bond acceptors (Lipinski definition) is 2. The highest BCUT2D eigenvalue weighted by Gasteiger charge is 2.25. The molecule has 0 radical (unpaired) electrons. The average molecular weight is 344 g/mol. The molecule has 0 amide bonds. The first kappa shape index (κ1) is 15.3. The van der Waals surface area contributed by atoms with E-state index in [1.54, 1.807) is 6.07 Å². The van der Waals surface area contributed by atoms with Crippen molar-refractivity contribution in [2.45, 2.75) is 45.1 Å². The van der Waals surface area contributed by atoms with Crippen LogP contribution in [0.2, 0.25) is 0 Å². The van der Waals surface area contributed by atoms with E-state index in [9.17, 15) is 9.18 Å². The number of rotatable bonds is 4. The van der Waals surface area contributed by atoms with E-state index < -0.39 is 11.8 Å². The summed E-state index contributed by atoms with van der Waals surface area (Å²) in [5.41, 5.74) is 0.460.